The first-order chi connectivity index (χ1) is 18.9. The fourth-order valence-electron chi connectivity index (χ4n) is 5.26. The largest absolute Gasteiger partial charge is 0.395 e. The van der Waals surface area contributed by atoms with Gasteiger partial charge in [-0.3, -0.25) is 19.3 Å². The Morgan fingerprint density at radius 1 is 1.10 bits per heavy atom. The number of para-hydroxylation sites is 1. The maximum absolute atomic E-state index is 14.3. The van der Waals surface area contributed by atoms with Gasteiger partial charge >= 0.3 is 0 Å². The molecule has 0 spiro atoms. The highest BCUT2D eigenvalue weighted by molar-refractivity contribution is 7.09. The minimum absolute atomic E-state index is 0.0355. The molecule has 5 rings (SSSR count). The van der Waals surface area contributed by atoms with E-state index in [0.717, 1.165) is 66.5 Å². The number of carbonyl (C=O) groups is 3. The van der Waals surface area contributed by atoms with Gasteiger partial charge < -0.3 is 21.8 Å². The summed E-state index contributed by atoms with van der Waals surface area (Å²) in [5, 5.41) is 4.06. The number of aryl methyl sites for hydroxylation is 1. The van der Waals surface area contributed by atoms with Gasteiger partial charge in [-0.1, -0.05) is 56.5 Å². The predicted molar refractivity (Wildman–Crippen MR) is 154 cm³/mol. The molecule has 9 nitrogen and oxygen atoms in total. The van der Waals surface area contributed by atoms with Gasteiger partial charge in [0, 0.05) is 34.4 Å². The number of carbonyl (C=O) groups excluding carboxylic acids is 3. The number of nitrogens with zero attached hydrogens (tertiary/aromatic N) is 2. The summed E-state index contributed by atoms with van der Waals surface area (Å²) in [5.41, 5.74) is 14.5. The second-order valence-corrected chi connectivity index (χ2v) is 10.6. The van der Waals surface area contributed by atoms with E-state index in [9.17, 15) is 14.4 Å². The van der Waals surface area contributed by atoms with Crippen LogP contribution in [0.3, 0.4) is 0 Å². The van der Waals surface area contributed by atoms with Gasteiger partial charge in [-0.25, -0.2) is 0 Å². The summed E-state index contributed by atoms with van der Waals surface area (Å²) in [6.45, 7) is 2.05. The topological polar surface area (TPSA) is 147 Å². The lowest BCUT2D eigenvalue weighted by molar-refractivity contribution is -0.123. The van der Waals surface area contributed by atoms with Crippen LogP contribution in [0.15, 0.2) is 54.7 Å². The van der Waals surface area contributed by atoms with Crippen LogP contribution in [0.4, 0.5) is 11.4 Å². The molecule has 4 aromatic rings. The number of hydrogen-bond acceptors (Lipinski definition) is 6. The molecule has 0 bridgehead atoms. The van der Waals surface area contributed by atoms with Crippen molar-refractivity contribution in [3.05, 3.63) is 76.4 Å². The molecular formula is C29H32N6O3S. The zero-order valence-corrected chi connectivity index (χ0v) is 22.6. The van der Waals surface area contributed by atoms with Gasteiger partial charge in [0.25, 0.3) is 11.8 Å². The maximum atomic E-state index is 14.3. The third kappa shape index (κ3) is 5.24. The highest BCUT2D eigenvalue weighted by atomic mass is 32.1. The van der Waals surface area contributed by atoms with Crippen molar-refractivity contribution in [3.63, 3.8) is 0 Å². The summed E-state index contributed by atoms with van der Waals surface area (Å²) in [7, 11) is 0. The molecule has 0 radical (unpaired) electrons. The van der Waals surface area contributed by atoms with Crippen LogP contribution in [0.1, 0.15) is 76.4 Å². The van der Waals surface area contributed by atoms with E-state index in [1.807, 2.05) is 55.5 Å². The smallest absolute Gasteiger partial charge is 0.273 e. The Morgan fingerprint density at radius 3 is 2.49 bits per heavy atom. The highest BCUT2D eigenvalue weighted by Gasteiger charge is 2.38. The molecule has 39 heavy (non-hydrogen) atoms. The van der Waals surface area contributed by atoms with Gasteiger partial charge in [-0.2, -0.15) is 4.37 Å². The van der Waals surface area contributed by atoms with Crippen LogP contribution in [0, 0.1) is 0 Å². The zero-order valence-electron chi connectivity index (χ0n) is 21.8. The van der Waals surface area contributed by atoms with Crippen molar-refractivity contribution >= 4 is 51.5 Å². The first-order valence-corrected chi connectivity index (χ1v) is 14.0. The number of nitrogen functional groups attached to an aromatic ring is 1. The molecule has 202 valence electrons. The van der Waals surface area contributed by atoms with Crippen LogP contribution < -0.4 is 21.7 Å². The van der Waals surface area contributed by atoms with E-state index in [-0.39, 0.29) is 28.2 Å². The predicted octanol–water partition coefficient (Wildman–Crippen LogP) is 4.70. The molecule has 1 saturated carbocycles. The quantitative estimate of drug-likeness (QED) is 0.254. The lowest BCUT2D eigenvalue weighted by Crippen LogP contribution is -2.47. The molecule has 2 aromatic heterocycles. The number of hydrogen-bond donors (Lipinski definition) is 4. The zero-order chi connectivity index (χ0) is 27.5. The molecule has 2 aromatic carbocycles. The lowest BCUT2D eigenvalue weighted by atomic mass is 9.94. The molecule has 2 heterocycles. The van der Waals surface area contributed by atoms with Crippen molar-refractivity contribution in [1.29, 1.82) is 0 Å². The Morgan fingerprint density at radius 2 is 1.82 bits per heavy atom. The van der Waals surface area contributed by atoms with Crippen LogP contribution in [0.5, 0.6) is 0 Å². The Bertz CT molecular complexity index is 1500. The fourth-order valence-corrected chi connectivity index (χ4v) is 6.00. The van der Waals surface area contributed by atoms with Crippen molar-refractivity contribution in [1.82, 2.24) is 14.7 Å². The van der Waals surface area contributed by atoms with Gasteiger partial charge in [0.15, 0.2) is 5.69 Å². The first kappa shape index (κ1) is 26.4. The number of anilines is 2. The number of amides is 3. The van der Waals surface area contributed by atoms with Crippen molar-refractivity contribution in [2.75, 3.05) is 10.6 Å². The minimum Gasteiger partial charge on any atom is -0.395 e. The Labute approximate surface area is 230 Å². The second kappa shape index (κ2) is 11.3. The van der Waals surface area contributed by atoms with E-state index < -0.39 is 17.9 Å². The SMILES string of the molecule is CCc1ccc(N(C(=O)c2snc(C(N)=O)c2N)[C@H](C(=O)NC2CCCCC2)c2c[nH]c3ccccc23)cc1. The number of nitrogens with one attached hydrogen (secondary N) is 2. The van der Waals surface area contributed by atoms with Crippen molar-refractivity contribution < 1.29 is 14.4 Å². The first-order valence-electron chi connectivity index (χ1n) is 13.2. The molecule has 0 aliphatic heterocycles. The Kier molecular flexibility index (Phi) is 7.65. The summed E-state index contributed by atoms with van der Waals surface area (Å²) in [6.07, 6.45) is 7.66. The van der Waals surface area contributed by atoms with Crippen LogP contribution in [0.2, 0.25) is 0 Å². The Balaban J connectivity index is 1.67. The molecule has 10 heteroatoms. The fraction of sp³-hybridized carbons (Fsp3) is 0.310. The number of rotatable bonds is 8. The number of primary amides is 1. The normalized spacial score (nSPS) is 14.7. The average molecular weight is 545 g/mol. The summed E-state index contributed by atoms with van der Waals surface area (Å²) < 4.78 is 4.04. The molecule has 0 unspecified atom stereocenters. The van der Waals surface area contributed by atoms with Gasteiger partial charge in [-0.15, -0.1) is 0 Å². The number of benzene rings is 2. The molecule has 1 aliphatic carbocycles. The average Bonchev–Trinajstić information content (AvgIpc) is 3.55. The minimum atomic E-state index is -1.01. The monoisotopic (exact) mass is 544 g/mol. The van der Waals surface area contributed by atoms with Crippen molar-refractivity contribution in [3.8, 4) is 0 Å². The van der Waals surface area contributed by atoms with E-state index in [0.29, 0.717) is 11.3 Å². The molecule has 3 amide bonds. The molecule has 6 N–H and O–H groups in total. The molecule has 1 atom stereocenters. The number of aromatic amines is 1. The van der Waals surface area contributed by atoms with E-state index >= 15 is 0 Å². The van der Waals surface area contributed by atoms with Gasteiger partial charge in [0.05, 0.1) is 5.69 Å². The Hall–Kier alpha value is -4.18. The number of aromatic nitrogens is 2. The summed E-state index contributed by atoms with van der Waals surface area (Å²) >= 11 is 0.802. The van der Waals surface area contributed by atoms with Crippen LogP contribution in [-0.4, -0.2) is 33.1 Å². The maximum Gasteiger partial charge on any atom is 0.273 e. The van der Waals surface area contributed by atoms with Crippen LogP contribution >= 0.6 is 11.5 Å². The van der Waals surface area contributed by atoms with E-state index in [1.54, 1.807) is 6.20 Å². The number of fused-ring (bicyclic) bond motifs is 1. The van der Waals surface area contributed by atoms with Crippen molar-refractivity contribution in [2.24, 2.45) is 5.73 Å². The number of H-pyrrole nitrogens is 1. The lowest BCUT2D eigenvalue weighted by Gasteiger charge is -2.33. The molecule has 0 saturated heterocycles. The van der Waals surface area contributed by atoms with Crippen LogP contribution in [0.25, 0.3) is 10.9 Å². The van der Waals surface area contributed by atoms with Gasteiger partial charge in [-0.05, 0) is 54.6 Å². The number of nitrogens with two attached hydrogens (primary N) is 2. The third-order valence-corrected chi connectivity index (χ3v) is 8.22. The summed E-state index contributed by atoms with van der Waals surface area (Å²) in [5.74, 6) is -1.63. The van der Waals surface area contributed by atoms with Crippen LogP contribution in [-0.2, 0) is 11.2 Å². The molecular weight excluding hydrogens is 512 g/mol. The van der Waals surface area contributed by atoms with Gasteiger partial charge in [0.1, 0.15) is 10.9 Å². The third-order valence-electron chi connectivity index (χ3n) is 7.37. The van der Waals surface area contributed by atoms with Gasteiger partial charge in [0.2, 0.25) is 5.91 Å². The van der Waals surface area contributed by atoms with E-state index in [4.69, 9.17) is 11.5 Å². The molecule has 1 aliphatic rings. The standard InChI is InChI=1S/C29H32N6O3S/c1-2-17-12-14-19(15-13-17)35(29(38)26-23(30)24(27(31)36)34-39-26)25(28(37)33-18-8-4-3-5-9-18)21-16-32-22-11-7-6-10-20(21)22/h6-7,10-16,18,25,32H,2-5,8-9,30H2,1H3,(H2,31,36)(H,33,37)/t25-/m0/s1. The van der Waals surface area contributed by atoms with E-state index in [2.05, 4.69) is 14.7 Å². The second-order valence-electron chi connectivity index (χ2n) is 9.87. The van der Waals surface area contributed by atoms with Crippen molar-refractivity contribution in [2.45, 2.75) is 57.5 Å². The summed E-state index contributed by atoms with van der Waals surface area (Å²) in [4.78, 5) is 45.1. The highest BCUT2D eigenvalue weighted by Crippen LogP contribution is 2.36. The van der Waals surface area contributed by atoms with E-state index in [1.165, 1.54) is 4.90 Å². The molecule has 1 fully saturated rings. The summed E-state index contributed by atoms with van der Waals surface area (Å²) in [6, 6.07) is 14.2.